The molecule has 9 heteroatoms. The van der Waals surface area contributed by atoms with Crippen molar-refractivity contribution >= 4 is 39.9 Å². The lowest BCUT2D eigenvalue weighted by atomic mass is 10.2. The number of carbonyl (C=O) groups excluding carboxylic acids is 1. The van der Waals surface area contributed by atoms with Crippen LogP contribution in [-0.2, 0) is 0 Å². The molecule has 0 atom stereocenters. The van der Waals surface area contributed by atoms with E-state index >= 15 is 0 Å². The van der Waals surface area contributed by atoms with E-state index in [9.17, 15) is 18.7 Å². The number of nitrogens with one attached hydrogen (secondary N) is 1. The van der Waals surface area contributed by atoms with E-state index in [2.05, 4.69) is 10.3 Å². The van der Waals surface area contributed by atoms with Crippen molar-refractivity contribution in [3.63, 3.8) is 0 Å². The molecule has 2 heterocycles. The van der Waals surface area contributed by atoms with Gasteiger partial charge in [-0.05, 0) is 42.5 Å². The van der Waals surface area contributed by atoms with Gasteiger partial charge in [-0.2, -0.15) is 0 Å². The normalized spacial score (nSPS) is 11.2. The molecule has 142 valence electrons. The van der Waals surface area contributed by atoms with Crippen molar-refractivity contribution in [3.8, 4) is 11.4 Å². The highest BCUT2D eigenvalue weighted by molar-refractivity contribution is 7.14. The van der Waals surface area contributed by atoms with Gasteiger partial charge in [0.25, 0.3) is 12.3 Å². The molecular weight excluding hydrogens is 386 g/mol. The summed E-state index contributed by atoms with van der Waals surface area (Å²) in [6.45, 7) is 0. The Labute approximate surface area is 161 Å². The second kappa shape index (κ2) is 6.93. The third-order valence-electron chi connectivity index (χ3n) is 4.06. The SMILES string of the molecule is Nc1cccc(-n2c(NC(=O)c3ccc(C(F)F)s3)nc3cc(O)ccc32)c1. The zero-order valence-electron chi connectivity index (χ0n) is 14.3. The average molecular weight is 400 g/mol. The Bertz CT molecular complexity index is 1190. The van der Waals surface area contributed by atoms with E-state index in [-0.39, 0.29) is 21.5 Å². The summed E-state index contributed by atoms with van der Waals surface area (Å²) < 4.78 is 27.3. The molecule has 0 unspecified atom stereocenters. The van der Waals surface area contributed by atoms with Crippen LogP contribution in [0.4, 0.5) is 20.4 Å². The summed E-state index contributed by atoms with van der Waals surface area (Å²) in [5, 5.41) is 12.4. The lowest BCUT2D eigenvalue weighted by Gasteiger charge is -2.10. The zero-order valence-corrected chi connectivity index (χ0v) is 15.1. The number of halogens is 2. The van der Waals surface area contributed by atoms with Crippen molar-refractivity contribution in [2.75, 3.05) is 11.1 Å². The number of carbonyl (C=O) groups is 1. The number of thiophene rings is 1. The van der Waals surface area contributed by atoms with Crippen LogP contribution in [0.2, 0.25) is 0 Å². The number of alkyl halides is 2. The molecule has 28 heavy (non-hydrogen) atoms. The molecule has 2 aromatic heterocycles. The Balaban J connectivity index is 1.79. The zero-order chi connectivity index (χ0) is 19.8. The number of aromatic hydroxyl groups is 1. The molecule has 1 amide bonds. The fraction of sp³-hybridized carbons (Fsp3) is 0.0526. The van der Waals surface area contributed by atoms with E-state index in [0.717, 1.165) is 11.3 Å². The van der Waals surface area contributed by atoms with Gasteiger partial charge in [0.05, 0.1) is 26.5 Å². The number of nitrogen functional groups attached to an aromatic ring is 1. The quantitative estimate of drug-likeness (QED) is 0.438. The predicted octanol–water partition coefficient (Wildman–Crippen LogP) is 4.56. The maximum Gasteiger partial charge on any atom is 0.272 e. The molecule has 4 N–H and O–H groups in total. The monoisotopic (exact) mass is 400 g/mol. The molecule has 0 bridgehead atoms. The lowest BCUT2D eigenvalue weighted by Crippen LogP contribution is -2.14. The first-order chi connectivity index (χ1) is 13.4. The molecule has 0 saturated carbocycles. The fourth-order valence-electron chi connectivity index (χ4n) is 2.83. The Morgan fingerprint density at radius 2 is 2.00 bits per heavy atom. The number of rotatable bonds is 4. The standard InChI is InChI=1S/C19H14F2N4O2S/c20-17(21)15-6-7-16(28-15)18(27)24-19-23-13-9-12(26)4-5-14(13)25(19)11-3-1-2-10(22)8-11/h1-9,17,26H,22H2,(H,23,24,27). The van der Waals surface area contributed by atoms with Crippen molar-refractivity contribution in [2.45, 2.75) is 6.43 Å². The third kappa shape index (κ3) is 3.27. The highest BCUT2D eigenvalue weighted by Crippen LogP contribution is 2.30. The van der Waals surface area contributed by atoms with Gasteiger partial charge in [-0.25, -0.2) is 13.8 Å². The Morgan fingerprint density at radius 3 is 2.71 bits per heavy atom. The largest absolute Gasteiger partial charge is 0.508 e. The fourth-order valence-corrected chi connectivity index (χ4v) is 3.59. The molecule has 6 nitrogen and oxygen atoms in total. The number of anilines is 2. The maximum absolute atomic E-state index is 12.8. The minimum absolute atomic E-state index is 0.0300. The van der Waals surface area contributed by atoms with Crippen LogP contribution in [0.15, 0.2) is 54.6 Å². The molecule has 4 rings (SSSR count). The number of imidazole rings is 1. The number of phenolic OH excluding ortho intramolecular Hbond substituents is 1. The molecule has 0 saturated heterocycles. The van der Waals surface area contributed by atoms with Gasteiger partial charge < -0.3 is 10.8 Å². The van der Waals surface area contributed by atoms with Gasteiger partial charge >= 0.3 is 0 Å². The molecule has 4 aromatic rings. The van der Waals surface area contributed by atoms with E-state index in [1.165, 1.54) is 24.3 Å². The molecule has 0 fully saturated rings. The minimum Gasteiger partial charge on any atom is -0.508 e. The maximum atomic E-state index is 12.8. The van der Waals surface area contributed by atoms with E-state index < -0.39 is 12.3 Å². The summed E-state index contributed by atoms with van der Waals surface area (Å²) in [7, 11) is 0. The van der Waals surface area contributed by atoms with Crippen molar-refractivity contribution in [3.05, 3.63) is 64.4 Å². The number of aromatic nitrogens is 2. The van der Waals surface area contributed by atoms with Gasteiger partial charge in [0.15, 0.2) is 0 Å². The van der Waals surface area contributed by atoms with Gasteiger partial charge in [-0.15, -0.1) is 11.3 Å². The molecular formula is C19H14F2N4O2S. The first-order valence-corrected chi connectivity index (χ1v) is 9.00. The summed E-state index contributed by atoms with van der Waals surface area (Å²) in [4.78, 5) is 16.9. The van der Waals surface area contributed by atoms with Crippen LogP contribution >= 0.6 is 11.3 Å². The number of benzene rings is 2. The van der Waals surface area contributed by atoms with Crippen molar-refractivity contribution in [1.82, 2.24) is 9.55 Å². The average Bonchev–Trinajstić information content (AvgIpc) is 3.26. The van der Waals surface area contributed by atoms with E-state index in [4.69, 9.17) is 5.73 Å². The number of hydrogen-bond donors (Lipinski definition) is 3. The van der Waals surface area contributed by atoms with Crippen LogP contribution in [0.5, 0.6) is 5.75 Å². The summed E-state index contributed by atoms with van der Waals surface area (Å²) in [6, 6.07) is 14.2. The molecule has 0 radical (unpaired) electrons. The number of amides is 1. The molecule has 0 aliphatic carbocycles. The number of phenols is 1. The Morgan fingerprint density at radius 1 is 1.18 bits per heavy atom. The van der Waals surface area contributed by atoms with Gasteiger partial charge in [-0.1, -0.05) is 6.07 Å². The number of nitrogens with two attached hydrogens (primary N) is 1. The van der Waals surface area contributed by atoms with Crippen LogP contribution in [0.25, 0.3) is 16.7 Å². The molecule has 0 aliphatic rings. The van der Waals surface area contributed by atoms with Gasteiger partial charge in [0.2, 0.25) is 5.95 Å². The summed E-state index contributed by atoms with van der Waals surface area (Å²) >= 11 is 0.723. The van der Waals surface area contributed by atoms with Crippen LogP contribution < -0.4 is 11.1 Å². The molecule has 0 aliphatic heterocycles. The highest BCUT2D eigenvalue weighted by Gasteiger charge is 2.19. The Hall–Kier alpha value is -3.46. The molecule has 2 aromatic carbocycles. The number of nitrogens with zero attached hydrogens (tertiary/aromatic N) is 2. The highest BCUT2D eigenvalue weighted by atomic mass is 32.1. The Kier molecular flexibility index (Phi) is 4.44. The molecule has 0 spiro atoms. The van der Waals surface area contributed by atoms with Crippen molar-refractivity contribution < 1.29 is 18.7 Å². The van der Waals surface area contributed by atoms with Gasteiger partial charge in [0.1, 0.15) is 5.75 Å². The second-order valence-electron chi connectivity index (χ2n) is 6.00. The topological polar surface area (TPSA) is 93.2 Å². The lowest BCUT2D eigenvalue weighted by molar-refractivity contribution is 0.102. The van der Waals surface area contributed by atoms with Gasteiger partial charge in [0, 0.05) is 11.8 Å². The predicted molar refractivity (Wildman–Crippen MR) is 104 cm³/mol. The van der Waals surface area contributed by atoms with Crippen molar-refractivity contribution in [2.24, 2.45) is 0 Å². The third-order valence-corrected chi connectivity index (χ3v) is 5.15. The smallest absolute Gasteiger partial charge is 0.272 e. The van der Waals surface area contributed by atoms with Crippen LogP contribution in [0.3, 0.4) is 0 Å². The summed E-state index contributed by atoms with van der Waals surface area (Å²) in [6.07, 6.45) is -2.63. The van der Waals surface area contributed by atoms with E-state index in [0.29, 0.717) is 22.4 Å². The van der Waals surface area contributed by atoms with Crippen molar-refractivity contribution in [1.29, 1.82) is 0 Å². The minimum atomic E-state index is -2.63. The summed E-state index contributed by atoms with van der Waals surface area (Å²) in [5.41, 5.74) is 8.15. The van der Waals surface area contributed by atoms with Crippen LogP contribution in [-0.4, -0.2) is 20.6 Å². The number of fused-ring (bicyclic) bond motifs is 1. The van der Waals surface area contributed by atoms with Crippen LogP contribution in [0.1, 0.15) is 21.0 Å². The van der Waals surface area contributed by atoms with Crippen LogP contribution in [0, 0.1) is 0 Å². The second-order valence-corrected chi connectivity index (χ2v) is 7.11. The summed E-state index contributed by atoms with van der Waals surface area (Å²) in [5.74, 6) is -0.341. The van der Waals surface area contributed by atoms with E-state index in [1.54, 1.807) is 34.9 Å². The number of hydrogen-bond acceptors (Lipinski definition) is 5. The van der Waals surface area contributed by atoms with E-state index in [1.807, 2.05) is 0 Å². The van der Waals surface area contributed by atoms with Gasteiger partial charge in [-0.3, -0.25) is 14.7 Å². The first-order valence-electron chi connectivity index (χ1n) is 8.19. The first kappa shape index (κ1) is 17.9.